The first-order valence-electron chi connectivity index (χ1n) is 7.25. The summed E-state index contributed by atoms with van der Waals surface area (Å²) in [6, 6.07) is 4.73. The van der Waals surface area contributed by atoms with Gasteiger partial charge in [0.1, 0.15) is 5.69 Å². The number of unbranched alkanes of at least 4 members (excludes halogenated alkanes) is 5. The number of hydrogen-bond acceptors (Lipinski definition) is 4. The van der Waals surface area contributed by atoms with Crippen molar-refractivity contribution >= 4 is 11.4 Å². The molecule has 2 N–H and O–H groups in total. The third-order valence-electron chi connectivity index (χ3n) is 3.20. The molecule has 0 spiro atoms. The van der Waals surface area contributed by atoms with E-state index in [1.165, 1.54) is 38.2 Å². The van der Waals surface area contributed by atoms with Crippen molar-refractivity contribution < 1.29 is 9.66 Å². The van der Waals surface area contributed by atoms with E-state index in [2.05, 4.69) is 6.92 Å². The zero-order valence-electron chi connectivity index (χ0n) is 12.1. The molecule has 0 fully saturated rings. The number of nitrogen functional groups attached to an aromatic ring is 1. The van der Waals surface area contributed by atoms with Gasteiger partial charge in [0.25, 0.3) is 5.69 Å². The molecule has 0 unspecified atom stereocenters. The summed E-state index contributed by atoms with van der Waals surface area (Å²) in [5, 5.41) is 10.6. The first-order valence-corrected chi connectivity index (χ1v) is 7.25. The Hall–Kier alpha value is -1.62. The van der Waals surface area contributed by atoms with Gasteiger partial charge in [-0.3, -0.25) is 10.1 Å². The van der Waals surface area contributed by atoms with Crippen LogP contribution in [0.2, 0.25) is 0 Å². The van der Waals surface area contributed by atoms with Gasteiger partial charge in [-0.1, -0.05) is 39.0 Å². The highest BCUT2D eigenvalue weighted by Crippen LogP contribution is 2.22. The van der Waals surface area contributed by atoms with Crippen molar-refractivity contribution in [3.05, 3.63) is 33.9 Å². The van der Waals surface area contributed by atoms with Crippen LogP contribution in [0.1, 0.15) is 51.0 Å². The van der Waals surface area contributed by atoms with Crippen molar-refractivity contribution in [1.29, 1.82) is 0 Å². The van der Waals surface area contributed by atoms with Crippen molar-refractivity contribution in [2.75, 3.05) is 12.3 Å². The molecular weight excluding hydrogens is 256 g/mol. The summed E-state index contributed by atoms with van der Waals surface area (Å²) in [7, 11) is 0. The molecule has 0 aliphatic carbocycles. The zero-order chi connectivity index (χ0) is 14.8. The van der Waals surface area contributed by atoms with E-state index in [9.17, 15) is 10.1 Å². The highest BCUT2D eigenvalue weighted by atomic mass is 16.6. The minimum absolute atomic E-state index is 0.0512. The normalized spacial score (nSPS) is 10.7. The van der Waals surface area contributed by atoms with Gasteiger partial charge in [0.15, 0.2) is 0 Å². The Kier molecular flexibility index (Phi) is 7.65. The summed E-state index contributed by atoms with van der Waals surface area (Å²) in [6.45, 7) is 3.39. The third-order valence-corrected chi connectivity index (χ3v) is 3.20. The molecule has 0 aromatic heterocycles. The average Bonchev–Trinajstić information content (AvgIpc) is 2.41. The summed E-state index contributed by atoms with van der Waals surface area (Å²) in [5.41, 5.74) is 6.64. The van der Waals surface area contributed by atoms with Gasteiger partial charge in [0, 0.05) is 12.7 Å². The lowest BCUT2D eigenvalue weighted by molar-refractivity contribution is -0.383. The Bertz CT molecular complexity index is 422. The fourth-order valence-corrected chi connectivity index (χ4v) is 2.03. The van der Waals surface area contributed by atoms with Crippen LogP contribution in [0.3, 0.4) is 0 Å². The van der Waals surface area contributed by atoms with Crippen molar-refractivity contribution in [3.63, 3.8) is 0 Å². The van der Waals surface area contributed by atoms with E-state index in [4.69, 9.17) is 10.5 Å². The minimum Gasteiger partial charge on any atom is -0.393 e. The van der Waals surface area contributed by atoms with Gasteiger partial charge >= 0.3 is 0 Å². The Morgan fingerprint density at radius 3 is 2.55 bits per heavy atom. The largest absolute Gasteiger partial charge is 0.393 e. The second-order valence-corrected chi connectivity index (χ2v) is 4.97. The molecule has 5 nitrogen and oxygen atoms in total. The molecule has 20 heavy (non-hydrogen) atoms. The molecule has 1 aromatic rings. The molecule has 0 saturated carbocycles. The number of anilines is 1. The van der Waals surface area contributed by atoms with E-state index in [-0.39, 0.29) is 11.4 Å². The second kappa shape index (κ2) is 9.31. The molecule has 1 rings (SSSR count). The van der Waals surface area contributed by atoms with Crippen molar-refractivity contribution in [1.82, 2.24) is 0 Å². The standard InChI is InChI=1S/C15H24N2O3/c1-2-3-4-5-6-7-10-20-12-13-8-9-15(17(18)19)14(16)11-13/h8-9,11H,2-7,10,12,16H2,1H3. The van der Waals surface area contributed by atoms with E-state index in [1.54, 1.807) is 12.1 Å². The van der Waals surface area contributed by atoms with Gasteiger partial charge in [-0.05, 0) is 24.1 Å². The van der Waals surface area contributed by atoms with Crippen LogP contribution in [0.25, 0.3) is 0 Å². The quantitative estimate of drug-likeness (QED) is 0.303. The van der Waals surface area contributed by atoms with E-state index >= 15 is 0 Å². The van der Waals surface area contributed by atoms with E-state index in [0.29, 0.717) is 6.61 Å². The summed E-state index contributed by atoms with van der Waals surface area (Å²) in [4.78, 5) is 10.2. The predicted octanol–water partition coefficient (Wildman–Crippen LogP) is 4.05. The molecule has 1 aromatic carbocycles. The summed E-state index contributed by atoms with van der Waals surface area (Å²) in [6.07, 6.45) is 7.40. The van der Waals surface area contributed by atoms with Crippen molar-refractivity contribution in [2.45, 2.75) is 52.1 Å². The van der Waals surface area contributed by atoms with Gasteiger partial charge < -0.3 is 10.5 Å². The number of benzene rings is 1. The zero-order valence-corrected chi connectivity index (χ0v) is 12.1. The van der Waals surface area contributed by atoms with Crippen LogP contribution in [0, 0.1) is 10.1 Å². The van der Waals surface area contributed by atoms with Crippen LogP contribution in [-0.4, -0.2) is 11.5 Å². The monoisotopic (exact) mass is 280 g/mol. The third kappa shape index (κ3) is 6.02. The first-order chi connectivity index (χ1) is 9.65. The molecule has 112 valence electrons. The van der Waals surface area contributed by atoms with Gasteiger partial charge in [-0.15, -0.1) is 0 Å². The average molecular weight is 280 g/mol. The molecule has 5 heteroatoms. The van der Waals surface area contributed by atoms with E-state index in [0.717, 1.165) is 18.6 Å². The fourth-order valence-electron chi connectivity index (χ4n) is 2.03. The lowest BCUT2D eigenvalue weighted by Crippen LogP contribution is -1.99. The highest BCUT2D eigenvalue weighted by Gasteiger charge is 2.10. The Balaban J connectivity index is 2.19. The maximum Gasteiger partial charge on any atom is 0.292 e. The molecule has 0 aliphatic heterocycles. The molecule has 0 amide bonds. The lowest BCUT2D eigenvalue weighted by atomic mass is 10.1. The lowest BCUT2D eigenvalue weighted by Gasteiger charge is -2.05. The Morgan fingerprint density at radius 1 is 1.20 bits per heavy atom. The molecule has 0 atom stereocenters. The summed E-state index contributed by atoms with van der Waals surface area (Å²) >= 11 is 0. The number of nitrogens with zero attached hydrogens (tertiary/aromatic N) is 1. The molecule has 0 bridgehead atoms. The van der Waals surface area contributed by atoms with Gasteiger partial charge in [-0.25, -0.2) is 0 Å². The smallest absolute Gasteiger partial charge is 0.292 e. The number of hydrogen-bond donors (Lipinski definition) is 1. The summed E-state index contributed by atoms with van der Waals surface area (Å²) < 4.78 is 5.56. The predicted molar refractivity (Wildman–Crippen MR) is 80.5 cm³/mol. The number of ether oxygens (including phenoxy) is 1. The van der Waals surface area contributed by atoms with E-state index in [1.807, 2.05) is 0 Å². The minimum atomic E-state index is -0.476. The molecule has 0 heterocycles. The van der Waals surface area contributed by atoms with Gasteiger partial charge in [0.05, 0.1) is 11.5 Å². The van der Waals surface area contributed by atoms with Crippen LogP contribution in [0.5, 0.6) is 0 Å². The van der Waals surface area contributed by atoms with Crippen LogP contribution >= 0.6 is 0 Å². The highest BCUT2D eigenvalue weighted by molar-refractivity contribution is 5.59. The van der Waals surface area contributed by atoms with E-state index < -0.39 is 4.92 Å². The SMILES string of the molecule is CCCCCCCCOCc1ccc([N+](=O)[O-])c(N)c1. The van der Waals surface area contributed by atoms with Gasteiger partial charge in [0.2, 0.25) is 0 Å². The molecule has 0 aliphatic rings. The van der Waals surface area contributed by atoms with Crippen LogP contribution in [0.4, 0.5) is 11.4 Å². The Morgan fingerprint density at radius 2 is 1.90 bits per heavy atom. The fraction of sp³-hybridized carbons (Fsp3) is 0.600. The number of nitro benzene ring substituents is 1. The second-order valence-electron chi connectivity index (χ2n) is 4.97. The van der Waals surface area contributed by atoms with Crippen molar-refractivity contribution in [2.24, 2.45) is 0 Å². The van der Waals surface area contributed by atoms with Crippen LogP contribution in [-0.2, 0) is 11.3 Å². The van der Waals surface area contributed by atoms with Gasteiger partial charge in [-0.2, -0.15) is 0 Å². The first kappa shape index (κ1) is 16.4. The van der Waals surface area contributed by atoms with Crippen LogP contribution in [0.15, 0.2) is 18.2 Å². The van der Waals surface area contributed by atoms with Crippen LogP contribution < -0.4 is 5.73 Å². The Labute approximate surface area is 120 Å². The topological polar surface area (TPSA) is 78.4 Å². The molecule has 0 saturated heterocycles. The number of rotatable bonds is 10. The maximum atomic E-state index is 10.6. The molecular formula is C15H24N2O3. The van der Waals surface area contributed by atoms with Crippen molar-refractivity contribution in [3.8, 4) is 0 Å². The summed E-state index contributed by atoms with van der Waals surface area (Å²) in [5.74, 6) is 0. The number of nitro groups is 1. The maximum absolute atomic E-state index is 10.6. The molecule has 0 radical (unpaired) electrons. The number of nitrogens with two attached hydrogens (primary N) is 1.